The molecule has 1 aromatic carbocycles. The minimum absolute atomic E-state index is 0.0590. The molecule has 3 nitrogen and oxygen atoms in total. The summed E-state index contributed by atoms with van der Waals surface area (Å²) in [6.45, 7) is 7.31. The van der Waals surface area contributed by atoms with E-state index in [9.17, 15) is 4.79 Å². The van der Waals surface area contributed by atoms with Crippen LogP contribution in [0.2, 0.25) is 5.02 Å². The van der Waals surface area contributed by atoms with Gasteiger partial charge in [-0.15, -0.1) is 0 Å². The Morgan fingerprint density at radius 1 is 1.41 bits per heavy atom. The molecule has 1 aliphatic rings. The topological polar surface area (TPSA) is 32.3 Å². The molecule has 1 aliphatic heterocycles. The summed E-state index contributed by atoms with van der Waals surface area (Å²) in [4.78, 5) is 13.7. The monoisotopic (exact) mass is 252 g/mol. The number of hydrogen-bond donors (Lipinski definition) is 1. The standard InChI is InChI=1S/C13H17ClN2O/c1-9-4-5-10(14)6-11(9)16-7-12(17)15-8-13(16,2)3/h4-6H,7-8H2,1-3H3,(H,15,17). The van der Waals surface area contributed by atoms with Crippen LogP contribution in [0.5, 0.6) is 0 Å². The molecule has 4 heteroatoms. The van der Waals surface area contributed by atoms with Crippen LogP contribution in [0, 0.1) is 6.92 Å². The Hall–Kier alpha value is -1.22. The van der Waals surface area contributed by atoms with Crippen LogP contribution in [-0.2, 0) is 4.79 Å². The summed E-state index contributed by atoms with van der Waals surface area (Å²) in [5.74, 6) is 0.0590. The van der Waals surface area contributed by atoms with E-state index >= 15 is 0 Å². The van der Waals surface area contributed by atoms with Crippen molar-refractivity contribution < 1.29 is 4.79 Å². The zero-order chi connectivity index (χ0) is 12.6. The lowest BCUT2D eigenvalue weighted by Crippen LogP contribution is -2.60. The van der Waals surface area contributed by atoms with Crippen molar-refractivity contribution >= 4 is 23.2 Å². The normalized spacial score (nSPS) is 19.1. The molecule has 0 atom stereocenters. The van der Waals surface area contributed by atoms with E-state index in [1.807, 2.05) is 25.1 Å². The molecular formula is C13H17ClN2O. The van der Waals surface area contributed by atoms with Crippen molar-refractivity contribution in [2.75, 3.05) is 18.0 Å². The number of carbonyl (C=O) groups excluding carboxylic acids is 1. The van der Waals surface area contributed by atoms with Crippen molar-refractivity contribution in [2.24, 2.45) is 0 Å². The highest BCUT2D eigenvalue weighted by Gasteiger charge is 2.33. The smallest absolute Gasteiger partial charge is 0.239 e. The molecule has 92 valence electrons. The molecule has 2 rings (SSSR count). The highest BCUT2D eigenvalue weighted by atomic mass is 35.5. The third-order valence-electron chi connectivity index (χ3n) is 3.21. The van der Waals surface area contributed by atoms with E-state index < -0.39 is 0 Å². The van der Waals surface area contributed by atoms with Crippen molar-refractivity contribution in [3.63, 3.8) is 0 Å². The van der Waals surface area contributed by atoms with Crippen molar-refractivity contribution in [3.05, 3.63) is 28.8 Å². The van der Waals surface area contributed by atoms with Crippen LogP contribution in [0.4, 0.5) is 5.69 Å². The van der Waals surface area contributed by atoms with Gasteiger partial charge in [0.1, 0.15) is 0 Å². The van der Waals surface area contributed by atoms with E-state index in [0.717, 1.165) is 11.3 Å². The van der Waals surface area contributed by atoms with Gasteiger partial charge in [-0.2, -0.15) is 0 Å². The molecule has 0 aliphatic carbocycles. The Bertz CT molecular complexity index is 457. The molecule has 1 saturated heterocycles. The molecule has 0 spiro atoms. The van der Waals surface area contributed by atoms with Crippen molar-refractivity contribution in [1.29, 1.82) is 0 Å². The van der Waals surface area contributed by atoms with Crippen molar-refractivity contribution in [1.82, 2.24) is 5.32 Å². The molecule has 1 amide bonds. The molecule has 0 radical (unpaired) electrons. The molecule has 1 heterocycles. The second-order valence-corrected chi connectivity index (χ2v) is 5.54. The maximum absolute atomic E-state index is 11.5. The van der Waals surface area contributed by atoms with Gasteiger partial charge in [0.2, 0.25) is 5.91 Å². The number of halogens is 1. The number of rotatable bonds is 1. The first-order chi connectivity index (χ1) is 7.90. The highest BCUT2D eigenvalue weighted by molar-refractivity contribution is 6.30. The Balaban J connectivity index is 2.42. The number of amides is 1. The number of carbonyl (C=O) groups is 1. The van der Waals surface area contributed by atoms with Crippen molar-refractivity contribution in [2.45, 2.75) is 26.3 Å². The Labute approximate surface area is 107 Å². The molecule has 1 fully saturated rings. The Morgan fingerprint density at radius 2 is 2.12 bits per heavy atom. The first kappa shape index (κ1) is 12.2. The summed E-state index contributed by atoms with van der Waals surface area (Å²) >= 11 is 6.04. The number of piperazine rings is 1. The Morgan fingerprint density at radius 3 is 2.82 bits per heavy atom. The molecule has 0 bridgehead atoms. The lowest BCUT2D eigenvalue weighted by atomic mass is 9.97. The number of aryl methyl sites for hydroxylation is 1. The third-order valence-corrected chi connectivity index (χ3v) is 3.45. The van der Waals surface area contributed by atoms with E-state index in [0.29, 0.717) is 18.1 Å². The summed E-state index contributed by atoms with van der Waals surface area (Å²) in [7, 11) is 0. The van der Waals surface area contributed by atoms with Crippen LogP contribution in [-0.4, -0.2) is 24.5 Å². The highest BCUT2D eigenvalue weighted by Crippen LogP contribution is 2.30. The van der Waals surface area contributed by atoms with Gasteiger partial charge in [-0.1, -0.05) is 17.7 Å². The Kier molecular flexibility index (Phi) is 3.04. The van der Waals surface area contributed by atoms with Crippen LogP contribution >= 0.6 is 11.6 Å². The molecule has 1 N–H and O–H groups in total. The van der Waals surface area contributed by atoms with Gasteiger partial charge in [-0.05, 0) is 38.5 Å². The second-order valence-electron chi connectivity index (χ2n) is 5.11. The largest absolute Gasteiger partial charge is 0.355 e. The summed E-state index contributed by atoms with van der Waals surface area (Å²) in [6.07, 6.45) is 0. The van der Waals surface area contributed by atoms with E-state index in [2.05, 4.69) is 24.1 Å². The fourth-order valence-corrected chi connectivity index (χ4v) is 2.27. The van der Waals surface area contributed by atoms with Crippen LogP contribution in [0.3, 0.4) is 0 Å². The van der Waals surface area contributed by atoms with Gasteiger partial charge in [-0.3, -0.25) is 4.79 Å². The predicted molar refractivity (Wildman–Crippen MR) is 70.6 cm³/mol. The molecule has 0 saturated carbocycles. The minimum Gasteiger partial charge on any atom is -0.355 e. The summed E-state index contributed by atoms with van der Waals surface area (Å²) in [5, 5.41) is 3.59. The number of anilines is 1. The third kappa shape index (κ3) is 2.39. The fraction of sp³-hybridized carbons (Fsp3) is 0.462. The van der Waals surface area contributed by atoms with Crippen LogP contribution in [0.1, 0.15) is 19.4 Å². The van der Waals surface area contributed by atoms with Crippen LogP contribution < -0.4 is 10.2 Å². The van der Waals surface area contributed by atoms with Gasteiger partial charge >= 0.3 is 0 Å². The number of nitrogens with one attached hydrogen (secondary N) is 1. The van der Waals surface area contributed by atoms with Gasteiger partial charge < -0.3 is 10.2 Å². The summed E-state index contributed by atoms with van der Waals surface area (Å²) in [6, 6.07) is 5.79. The van der Waals surface area contributed by atoms with E-state index in [1.54, 1.807) is 0 Å². The maximum atomic E-state index is 11.5. The quantitative estimate of drug-likeness (QED) is 0.832. The zero-order valence-electron chi connectivity index (χ0n) is 10.4. The van der Waals surface area contributed by atoms with E-state index in [-0.39, 0.29) is 11.4 Å². The lowest BCUT2D eigenvalue weighted by Gasteiger charge is -2.44. The second kappa shape index (κ2) is 4.22. The van der Waals surface area contributed by atoms with Crippen LogP contribution in [0.15, 0.2) is 18.2 Å². The van der Waals surface area contributed by atoms with Gasteiger partial charge in [0, 0.05) is 17.3 Å². The van der Waals surface area contributed by atoms with E-state index in [4.69, 9.17) is 11.6 Å². The molecule has 0 unspecified atom stereocenters. The first-order valence-electron chi connectivity index (χ1n) is 5.71. The minimum atomic E-state index is -0.0939. The van der Waals surface area contributed by atoms with Crippen molar-refractivity contribution in [3.8, 4) is 0 Å². The zero-order valence-corrected chi connectivity index (χ0v) is 11.1. The van der Waals surface area contributed by atoms with Gasteiger partial charge in [0.15, 0.2) is 0 Å². The lowest BCUT2D eigenvalue weighted by molar-refractivity contribution is -0.121. The molecule has 17 heavy (non-hydrogen) atoms. The predicted octanol–water partition coefficient (Wildman–Crippen LogP) is 2.36. The summed E-state index contributed by atoms with van der Waals surface area (Å²) < 4.78 is 0. The van der Waals surface area contributed by atoms with Crippen LogP contribution in [0.25, 0.3) is 0 Å². The van der Waals surface area contributed by atoms with Gasteiger partial charge in [0.25, 0.3) is 0 Å². The molecule has 0 aromatic heterocycles. The number of nitrogens with zero attached hydrogens (tertiary/aromatic N) is 1. The summed E-state index contributed by atoms with van der Waals surface area (Å²) in [5.41, 5.74) is 2.08. The average Bonchev–Trinajstić information content (AvgIpc) is 2.26. The van der Waals surface area contributed by atoms with Gasteiger partial charge in [-0.25, -0.2) is 0 Å². The SMILES string of the molecule is Cc1ccc(Cl)cc1N1CC(=O)NCC1(C)C. The number of hydrogen-bond acceptors (Lipinski definition) is 2. The maximum Gasteiger partial charge on any atom is 0.239 e. The molecular weight excluding hydrogens is 236 g/mol. The first-order valence-corrected chi connectivity index (χ1v) is 6.08. The van der Waals surface area contributed by atoms with E-state index in [1.165, 1.54) is 0 Å². The fourth-order valence-electron chi connectivity index (χ4n) is 2.11. The number of benzene rings is 1. The van der Waals surface area contributed by atoms with Gasteiger partial charge in [0.05, 0.1) is 12.1 Å². The molecule has 1 aromatic rings. The average molecular weight is 253 g/mol.